The lowest BCUT2D eigenvalue weighted by atomic mass is 9.97. The first-order valence-electron chi connectivity index (χ1n) is 7.09. The molecule has 23 heavy (non-hydrogen) atoms. The number of diazo groups is 1. The van der Waals surface area contributed by atoms with Gasteiger partial charge in [-0.25, -0.2) is 0 Å². The van der Waals surface area contributed by atoms with Crippen molar-refractivity contribution in [3.63, 3.8) is 0 Å². The van der Waals surface area contributed by atoms with Crippen molar-refractivity contribution in [1.29, 1.82) is 5.39 Å². The molecule has 0 aliphatic carbocycles. The second-order valence-corrected chi connectivity index (χ2v) is 5.03. The first-order chi connectivity index (χ1) is 11.4. The van der Waals surface area contributed by atoms with Gasteiger partial charge in [0.15, 0.2) is 5.39 Å². The maximum absolute atomic E-state index is 9.25. The van der Waals surface area contributed by atoms with Gasteiger partial charge in [-0.05, 0) is 5.56 Å². The Kier molecular flexibility index (Phi) is 3.03. The SMILES string of the molecule is N#[N+]c1n[nH]c2nnc(-c3ccccc3)c(-c3ccccc3)c12. The summed E-state index contributed by atoms with van der Waals surface area (Å²) in [6.07, 6.45) is 0. The lowest BCUT2D eigenvalue weighted by Crippen LogP contribution is -1.94. The Morgan fingerprint density at radius 3 is 2.13 bits per heavy atom. The second kappa shape index (κ2) is 5.31. The Morgan fingerprint density at radius 2 is 1.48 bits per heavy atom. The van der Waals surface area contributed by atoms with Crippen molar-refractivity contribution in [3.8, 4) is 22.4 Å². The molecule has 0 atom stereocenters. The fraction of sp³-hybridized carbons (Fsp3) is 0. The monoisotopic (exact) mass is 299 g/mol. The van der Waals surface area contributed by atoms with E-state index in [4.69, 9.17) is 0 Å². The van der Waals surface area contributed by atoms with E-state index in [9.17, 15) is 5.39 Å². The predicted octanol–water partition coefficient (Wildman–Crippen LogP) is 4.17. The normalized spacial score (nSPS) is 10.6. The topological polar surface area (TPSA) is 82.6 Å². The van der Waals surface area contributed by atoms with Crippen LogP contribution in [-0.2, 0) is 0 Å². The van der Waals surface area contributed by atoms with E-state index in [1.807, 2.05) is 60.7 Å². The Hall–Kier alpha value is -3.59. The van der Waals surface area contributed by atoms with Crippen molar-refractivity contribution >= 4 is 16.9 Å². The summed E-state index contributed by atoms with van der Waals surface area (Å²) in [6.45, 7) is 0. The zero-order chi connectivity index (χ0) is 15.6. The molecule has 0 bridgehead atoms. The molecule has 0 saturated heterocycles. The lowest BCUT2D eigenvalue weighted by Gasteiger charge is -2.08. The van der Waals surface area contributed by atoms with E-state index in [1.165, 1.54) is 0 Å². The number of aromatic amines is 1. The van der Waals surface area contributed by atoms with E-state index in [0.29, 0.717) is 11.0 Å². The van der Waals surface area contributed by atoms with Crippen LogP contribution in [0.1, 0.15) is 0 Å². The molecule has 0 spiro atoms. The van der Waals surface area contributed by atoms with Crippen LogP contribution in [0.2, 0.25) is 0 Å². The highest BCUT2D eigenvalue weighted by Gasteiger charge is 2.26. The summed E-state index contributed by atoms with van der Waals surface area (Å²) in [5.74, 6) is 0.200. The molecule has 2 aromatic heterocycles. The first-order valence-corrected chi connectivity index (χ1v) is 7.09. The molecular formula is C17H11N6+. The smallest absolute Gasteiger partial charge is 0.163 e. The third-order valence-electron chi connectivity index (χ3n) is 3.67. The van der Waals surface area contributed by atoms with E-state index >= 15 is 0 Å². The van der Waals surface area contributed by atoms with Crippen LogP contribution in [-0.4, -0.2) is 20.4 Å². The largest absolute Gasteiger partial charge is 0.497 e. The van der Waals surface area contributed by atoms with Crippen molar-refractivity contribution in [2.75, 3.05) is 0 Å². The minimum atomic E-state index is 0.200. The molecule has 2 heterocycles. The molecule has 0 fully saturated rings. The summed E-state index contributed by atoms with van der Waals surface area (Å²) in [5.41, 5.74) is 3.93. The summed E-state index contributed by atoms with van der Waals surface area (Å²) in [6, 6.07) is 19.6. The molecule has 0 aliphatic rings. The molecule has 0 amide bonds. The van der Waals surface area contributed by atoms with E-state index in [0.717, 1.165) is 22.4 Å². The number of nitrogens with one attached hydrogen (secondary N) is 1. The van der Waals surface area contributed by atoms with Crippen molar-refractivity contribution in [2.45, 2.75) is 0 Å². The van der Waals surface area contributed by atoms with Gasteiger partial charge >= 0.3 is 5.82 Å². The highest BCUT2D eigenvalue weighted by Crippen LogP contribution is 2.38. The highest BCUT2D eigenvalue weighted by molar-refractivity contribution is 6.05. The predicted molar refractivity (Wildman–Crippen MR) is 87.3 cm³/mol. The van der Waals surface area contributed by atoms with Gasteiger partial charge in [0.1, 0.15) is 5.69 Å². The van der Waals surface area contributed by atoms with Crippen LogP contribution in [0.15, 0.2) is 60.7 Å². The molecule has 6 heteroatoms. The third kappa shape index (κ3) is 2.12. The van der Waals surface area contributed by atoms with Crippen LogP contribution >= 0.6 is 0 Å². The second-order valence-electron chi connectivity index (χ2n) is 5.03. The summed E-state index contributed by atoms with van der Waals surface area (Å²) >= 11 is 0. The van der Waals surface area contributed by atoms with Gasteiger partial charge in [0.25, 0.3) is 0 Å². The zero-order valence-corrected chi connectivity index (χ0v) is 12.0. The standard InChI is InChI=1S/C17H11N6/c18-19-16-14-13(11-7-3-1-4-8-11)15(12-9-5-2-6-10-12)20-22-17(14)23-21-16/h1-10H,(H,21,22,23)/q+1. The van der Waals surface area contributed by atoms with Crippen LogP contribution in [0.5, 0.6) is 0 Å². The van der Waals surface area contributed by atoms with E-state index in [-0.39, 0.29) is 5.82 Å². The number of rotatable bonds is 2. The van der Waals surface area contributed by atoms with Gasteiger partial charge in [-0.15, -0.1) is 10.2 Å². The molecule has 0 saturated carbocycles. The highest BCUT2D eigenvalue weighted by atomic mass is 15.2. The molecular weight excluding hydrogens is 288 g/mol. The van der Waals surface area contributed by atoms with Gasteiger partial charge < -0.3 is 0 Å². The Balaban J connectivity index is 2.14. The number of aromatic nitrogens is 4. The molecule has 2 aromatic carbocycles. The van der Waals surface area contributed by atoms with Gasteiger partial charge in [-0.3, -0.25) is 0 Å². The van der Waals surface area contributed by atoms with Crippen molar-refractivity contribution in [2.24, 2.45) is 0 Å². The van der Waals surface area contributed by atoms with Crippen LogP contribution in [0.25, 0.3) is 38.4 Å². The van der Waals surface area contributed by atoms with Gasteiger partial charge in [0, 0.05) is 16.1 Å². The molecule has 0 unspecified atom stereocenters. The zero-order valence-electron chi connectivity index (χ0n) is 12.0. The van der Waals surface area contributed by atoms with Gasteiger partial charge in [0.2, 0.25) is 5.65 Å². The van der Waals surface area contributed by atoms with Gasteiger partial charge in [0.05, 0.1) is 10.5 Å². The number of H-pyrrole nitrogens is 1. The molecule has 4 rings (SSSR count). The molecule has 1 N–H and O–H groups in total. The summed E-state index contributed by atoms with van der Waals surface area (Å²) in [7, 11) is 0. The molecule has 6 nitrogen and oxygen atoms in total. The maximum atomic E-state index is 9.25. The molecule has 108 valence electrons. The Bertz CT molecular complexity index is 1020. The fourth-order valence-corrected chi connectivity index (χ4v) is 2.65. The van der Waals surface area contributed by atoms with Crippen LogP contribution in [0, 0.1) is 5.39 Å². The van der Waals surface area contributed by atoms with Gasteiger partial charge in [-0.1, -0.05) is 60.7 Å². The van der Waals surface area contributed by atoms with E-state index < -0.39 is 0 Å². The number of hydrogen-bond acceptors (Lipinski definition) is 4. The number of fused-ring (bicyclic) bond motifs is 1. The summed E-state index contributed by atoms with van der Waals surface area (Å²) in [4.78, 5) is 3.27. The minimum Gasteiger partial charge on any atom is -0.163 e. The van der Waals surface area contributed by atoms with Crippen molar-refractivity contribution in [1.82, 2.24) is 20.4 Å². The summed E-state index contributed by atoms with van der Waals surface area (Å²) < 4.78 is 0. The van der Waals surface area contributed by atoms with Crippen LogP contribution < -0.4 is 0 Å². The summed E-state index contributed by atoms with van der Waals surface area (Å²) in [5, 5.41) is 25.2. The van der Waals surface area contributed by atoms with E-state index in [1.54, 1.807) is 0 Å². The van der Waals surface area contributed by atoms with Gasteiger partial charge in [-0.2, -0.15) is 5.10 Å². The molecule has 0 radical (unpaired) electrons. The maximum Gasteiger partial charge on any atom is 0.497 e. The number of benzene rings is 2. The third-order valence-corrected chi connectivity index (χ3v) is 3.67. The fourth-order valence-electron chi connectivity index (χ4n) is 2.65. The van der Waals surface area contributed by atoms with E-state index in [2.05, 4.69) is 25.4 Å². The Labute approximate surface area is 131 Å². The quantitative estimate of drug-likeness (QED) is 0.563. The van der Waals surface area contributed by atoms with Crippen LogP contribution in [0.3, 0.4) is 0 Å². The van der Waals surface area contributed by atoms with Crippen molar-refractivity contribution in [3.05, 3.63) is 65.6 Å². The van der Waals surface area contributed by atoms with Crippen molar-refractivity contribution < 1.29 is 0 Å². The first kappa shape index (κ1) is 13.1. The lowest BCUT2D eigenvalue weighted by molar-refractivity contribution is 1.03. The van der Waals surface area contributed by atoms with Crippen LogP contribution in [0.4, 0.5) is 5.82 Å². The molecule has 0 aliphatic heterocycles. The average Bonchev–Trinajstić information content (AvgIpc) is 3.05. The Morgan fingerprint density at radius 1 is 0.826 bits per heavy atom. The number of nitrogens with zero attached hydrogens (tertiary/aromatic N) is 5. The average molecular weight is 299 g/mol. The number of hydrogen-bond donors (Lipinski definition) is 1. The minimum absolute atomic E-state index is 0.200. The molecule has 4 aromatic rings.